The van der Waals surface area contributed by atoms with Crippen LogP contribution in [-0.4, -0.2) is 11.2 Å². The molecule has 0 bridgehead atoms. The van der Waals surface area contributed by atoms with E-state index in [1.807, 2.05) is 13.8 Å². The van der Waals surface area contributed by atoms with Gasteiger partial charge in [0.1, 0.15) is 11.5 Å². The van der Waals surface area contributed by atoms with Crippen LogP contribution < -0.4 is 4.74 Å². The quantitative estimate of drug-likeness (QED) is 0.771. The smallest absolute Gasteiger partial charge is 0.127 e. The fourth-order valence-corrected chi connectivity index (χ4v) is 1.06. The molecule has 0 aliphatic carbocycles. The van der Waals surface area contributed by atoms with E-state index in [-0.39, 0.29) is 11.9 Å². The van der Waals surface area contributed by atoms with E-state index in [4.69, 9.17) is 4.74 Å². The Labute approximate surface area is 78.5 Å². The van der Waals surface area contributed by atoms with Crippen LogP contribution in [0.1, 0.15) is 19.4 Å². The van der Waals surface area contributed by atoms with Crippen LogP contribution in [0.5, 0.6) is 11.5 Å². The first kappa shape index (κ1) is 9.65. The number of rotatable bonds is 3. The molecule has 1 N–H and O–H groups in total. The lowest BCUT2D eigenvalue weighted by Crippen LogP contribution is -2.06. The molecule has 2 heteroatoms. The Hall–Kier alpha value is -1.44. The molecule has 2 nitrogen and oxygen atoms in total. The molecule has 0 radical (unpaired) electrons. The standard InChI is InChI=1S/C11H14O2/c1-4-9-7-10(12)5-6-11(9)13-8(2)3/h4-8,12H,1H2,2-3H3. The van der Waals surface area contributed by atoms with Crippen molar-refractivity contribution in [1.29, 1.82) is 0 Å². The van der Waals surface area contributed by atoms with Crippen LogP contribution in [0.4, 0.5) is 0 Å². The van der Waals surface area contributed by atoms with Gasteiger partial charge >= 0.3 is 0 Å². The maximum Gasteiger partial charge on any atom is 0.127 e. The van der Waals surface area contributed by atoms with Crippen molar-refractivity contribution in [2.24, 2.45) is 0 Å². The third-order valence-electron chi connectivity index (χ3n) is 1.58. The maximum atomic E-state index is 9.20. The molecule has 0 aliphatic heterocycles. The molecule has 0 aromatic heterocycles. The average Bonchev–Trinajstić information content (AvgIpc) is 2.07. The minimum Gasteiger partial charge on any atom is -0.508 e. The van der Waals surface area contributed by atoms with Gasteiger partial charge in [0.2, 0.25) is 0 Å². The average molecular weight is 178 g/mol. The zero-order valence-corrected chi connectivity index (χ0v) is 7.95. The van der Waals surface area contributed by atoms with Crippen molar-refractivity contribution in [2.75, 3.05) is 0 Å². The van der Waals surface area contributed by atoms with Crippen molar-refractivity contribution in [3.05, 3.63) is 30.3 Å². The van der Waals surface area contributed by atoms with Crippen LogP contribution in [0.3, 0.4) is 0 Å². The summed E-state index contributed by atoms with van der Waals surface area (Å²) in [5.41, 5.74) is 0.814. The number of ether oxygens (including phenoxy) is 1. The molecule has 70 valence electrons. The van der Waals surface area contributed by atoms with Crippen LogP contribution in [0.2, 0.25) is 0 Å². The SMILES string of the molecule is C=Cc1cc(O)ccc1OC(C)C. The van der Waals surface area contributed by atoms with Gasteiger partial charge in [-0.15, -0.1) is 0 Å². The molecule has 0 saturated carbocycles. The highest BCUT2D eigenvalue weighted by atomic mass is 16.5. The highest BCUT2D eigenvalue weighted by molar-refractivity contribution is 5.57. The third-order valence-corrected chi connectivity index (χ3v) is 1.58. The highest BCUT2D eigenvalue weighted by Gasteiger charge is 2.03. The van der Waals surface area contributed by atoms with Gasteiger partial charge in [-0.2, -0.15) is 0 Å². The molecule has 1 aromatic rings. The topological polar surface area (TPSA) is 29.5 Å². The van der Waals surface area contributed by atoms with Crippen molar-refractivity contribution < 1.29 is 9.84 Å². The molecule has 0 atom stereocenters. The van der Waals surface area contributed by atoms with Crippen molar-refractivity contribution in [1.82, 2.24) is 0 Å². The normalized spacial score (nSPS) is 10.1. The Morgan fingerprint density at radius 1 is 1.46 bits per heavy atom. The van der Waals surface area contributed by atoms with E-state index >= 15 is 0 Å². The van der Waals surface area contributed by atoms with Crippen LogP contribution in [0, 0.1) is 0 Å². The highest BCUT2D eigenvalue weighted by Crippen LogP contribution is 2.25. The van der Waals surface area contributed by atoms with Gasteiger partial charge in [0.05, 0.1) is 6.10 Å². The predicted molar refractivity (Wildman–Crippen MR) is 54.0 cm³/mol. The molecule has 0 amide bonds. The summed E-state index contributed by atoms with van der Waals surface area (Å²) in [7, 11) is 0. The van der Waals surface area contributed by atoms with Gasteiger partial charge < -0.3 is 9.84 Å². The minimum atomic E-state index is 0.128. The largest absolute Gasteiger partial charge is 0.508 e. The van der Waals surface area contributed by atoms with Crippen molar-refractivity contribution in [2.45, 2.75) is 20.0 Å². The second-order valence-corrected chi connectivity index (χ2v) is 3.09. The fraction of sp³-hybridized carbons (Fsp3) is 0.273. The number of aromatic hydroxyl groups is 1. The second-order valence-electron chi connectivity index (χ2n) is 3.09. The summed E-state index contributed by atoms with van der Waals surface area (Å²) in [6.45, 7) is 7.56. The molecule has 0 fully saturated rings. The predicted octanol–water partition coefficient (Wildman–Crippen LogP) is 2.82. The minimum absolute atomic E-state index is 0.128. The number of hydrogen-bond donors (Lipinski definition) is 1. The summed E-state index contributed by atoms with van der Waals surface area (Å²) < 4.78 is 5.51. The molecule has 1 aromatic carbocycles. The van der Waals surface area contributed by atoms with Crippen LogP contribution in [-0.2, 0) is 0 Å². The van der Waals surface area contributed by atoms with Gasteiger partial charge in [-0.25, -0.2) is 0 Å². The molecule has 0 spiro atoms. The summed E-state index contributed by atoms with van der Waals surface area (Å²) in [6.07, 6.45) is 1.79. The Morgan fingerprint density at radius 2 is 2.15 bits per heavy atom. The molecular formula is C11H14O2. The van der Waals surface area contributed by atoms with Crippen molar-refractivity contribution >= 4 is 6.08 Å². The summed E-state index contributed by atoms with van der Waals surface area (Å²) >= 11 is 0. The van der Waals surface area contributed by atoms with Crippen molar-refractivity contribution in [3.8, 4) is 11.5 Å². The zero-order valence-electron chi connectivity index (χ0n) is 7.95. The van der Waals surface area contributed by atoms with Crippen molar-refractivity contribution in [3.63, 3.8) is 0 Å². The molecular weight excluding hydrogens is 164 g/mol. The van der Waals surface area contributed by atoms with Gasteiger partial charge in [0.25, 0.3) is 0 Å². The first-order valence-corrected chi connectivity index (χ1v) is 4.25. The molecule has 0 aliphatic rings. The lowest BCUT2D eigenvalue weighted by molar-refractivity contribution is 0.241. The Balaban J connectivity index is 2.99. The monoisotopic (exact) mass is 178 g/mol. The summed E-state index contributed by atoms with van der Waals surface area (Å²) in [5, 5.41) is 9.20. The summed E-state index contributed by atoms with van der Waals surface area (Å²) in [5.74, 6) is 0.980. The maximum absolute atomic E-state index is 9.20. The van der Waals surface area contributed by atoms with E-state index in [0.29, 0.717) is 0 Å². The number of phenols is 1. The molecule has 0 heterocycles. The fourth-order valence-electron chi connectivity index (χ4n) is 1.06. The lowest BCUT2D eigenvalue weighted by atomic mass is 10.2. The van der Waals surface area contributed by atoms with E-state index in [2.05, 4.69) is 6.58 Å². The van der Waals surface area contributed by atoms with E-state index in [1.165, 1.54) is 0 Å². The lowest BCUT2D eigenvalue weighted by Gasteiger charge is -2.12. The number of phenolic OH excluding ortho intramolecular Hbond substituents is 1. The van der Waals surface area contributed by atoms with E-state index in [9.17, 15) is 5.11 Å². The van der Waals surface area contributed by atoms with Gasteiger partial charge in [-0.1, -0.05) is 12.7 Å². The molecule has 0 unspecified atom stereocenters. The molecule has 1 rings (SSSR count). The summed E-state index contributed by atoms with van der Waals surface area (Å²) in [4.78, 5) is 0. The van der Waals surface area contributed by atoms with Crippen LogP contribution in [0.15, 0.2) is 24.8 Å². The Morgan fingerprint density at radius 3 is 2.69 bits per heavy atom. The summed E-state index contributed by atoms with van der Waals surface area (Å²) in [6, 6.07) is 4.97. The molecule has 0 saturated heterocycles. The van der Waals surface area contributed by atoms with Crippen LogP contribution in [0.25, 0.3) is 6.08 Å². The van der Waals surface area contributed by atoms with Gasteiger partial charge in [0.15, 0.2) is 0 Å². The number of hydrogen-bond acceptors (Lipinski definition) is 2. The Bertz CT molecular complexity index is 303. The number of benzene rings is 1. The van der Waals surface area contributed by atoms with E-state index in [1.54, 1.807) is 24.3 Å². The van der Waals surface area contributed by atoms with E-state index < -0.39 is 0 Å². The first-order chi connectivity index (χ1) is 6.13. The first-order valence-electron chi connectivity index (χ1n) is 4.25. The molecule has 13 heavy (non-hydrogen) atoms. The second kappa shape index (κ2) is 3.99. The van der Waals surface area contributed by atoms with Gasteiger partial charge in [0, 0.05) is 5.56 Å². The Kier molecular flexibility index (Phi) is 2.96. The third kappa shape index (κ3) is 2.51. The zero-order chi connectivity index (χ0) is 9.84. The van der Waals surface area contributed by atoms with Gasteiger partial charge in [-0.3, -0.25) is 0 Å². The van der Waals surface area contributed by atoms with E-state index in [0.717, 1.165) is 11.3 Å². The van der Waals surface area contributed by atoms with Gasteiger partial charge in [-0.05, 0) is 32.0 Å². The van der Waals surface area contributed by atoms with Crippen LogP contribution >= 0.6 is 0 Å².